The molecule has 1 aromatic heterocycles. The predicted octanol–water partition coefficient (Wildman–Crippen LogP) is 6.00. The van der Waals surface area contributed by atoms with Crippen LogP contribution in [-0.4, -0.2) is 19.2 Å². The number of ether oxygens (including phenoxy) is 2. The fourth-order valence-corrected chi connectivity index (χ4v) is 3.67. The van der Waals surface area contributed by atoms with Gasteiger partial charge in [-0.1, -0.05) is 37.6 Å². The summed E-state index contributed by atoms with van der Waals surface area (Å²) in [5.74, 6) is 1.73. The van der Waals surface area contributed by atoms with Crippen molar-refractivity contribution in [3.63, 3.8) is 0 Å². The maximum atomic E-state index is 5.32. The highest BCUT2D eigenvalue weighted by Gasteiger charge is 2.17. The minimum atomic E-state index is 0.861. The summed E-state index contributed by atoms with van der Waals surface area (Å²) in [5, 5.41) is 0. The molecule has 1 heterocycles. The fourth-order valence-electron chi connectivity index (χ4n) is 3.67. The Kier molecular flexibility index (Phi) is 5.80. The van der Waals surface area contributed by atoms with Crippen molar-refractivity contribution >= 4 is 0 Å². The van der Waals surface area contributed by atoms with Crippen LogP contribution < -0.4 is 9.47 Å². The van der Waals surface area contributed by atoms with Crippen LogP contribution in [0.25, 0.3) is 22.3 Å². The van der Waals surface area contributed by atoms with E-state index in [0.29, 0.717) is 0 Å². The number of rotatable bonds is 6. The van der Waals surface area contributed by atoms with E-state index in [-0.39, 0.29) is 0 Å². The molecule has 0 atom stereocenters. The van der Waals surface area contributed by atoms with Gasteiger partial charge in [-0.3, -0.25) is 4.98 Å². The minimum absolute atomic E-state index is 0.861. The molecular formula is C24H27NO2. The lowest BCUT2D eigenvalue weighted by Gasteiger charge is -2.19. The van der Waals surface area contributed by atoms with Gasteiger partial charge in [0.2, 0.25) is 0 Å². The fraction of sp³-hybridized carbons (Fsp3) is 0.292. The Labute approximate surface area is 162 Å². The molecule has 3 nitrogen and oxygen atoms in total. The number of hydrogen-bond acceptors (Lipinski definition) is 3. The Morgan fingerprint density at radius 3 is 1.67 bits per heavy atom. The van der Waals surface area contributed by atoms with E-state index in [9.17, 15) is 0 Å². The summed E-state index contributed by atoms with van der Waals surface area (Å²) in [5.41, 5.74) is 8.27. The highest BCUT2D eigenvalue weighted by atomic mass is 16.5. The molecule has 3 heteroatoms. The van der Waals surface area contributed by atoms with Crippen molar-refractivity contribution in [3.05, 3.63) is 65.5 Å². The van der Waals surface area contributed by atoms with Gasteiger partial charge in [0.25, 0.3) is 0 Å². The lowest BCUT2D eigenvalue weighted by atomic mass is 9.89. The molecule has 27 heavy (non-hydrogen) atoms. The molecule has 3 aromatic rings. The normalized spacial score (nSPS) is 10.7. The Hall–Kier alpha value is -2.81. The number of nitrogens with zero attached hydrogens (tertiary/aromatic N) is 1. The number of pyridine rings is 1. The highest BCUT2D eigenvalue weighted by Crippen LogP contribution is 2.37. The van der Waals surface area contributed by atoms with Crippen LogP contribution in [-0.2, 0) is 6.42 Å². The second kappa shape index (κ2) is 8.26. The van der Waals surface area contributed by atoms with Crippen molar-refractivity contribution in [3.8, 4) is 33.8 Å². The van der Waals surface area contributed by atoms with Crippen LogP contribution in [0.3, 0.4) is 0 Å². The zero-order chi connectivity index (χ0) is 19.4. The molecule has 0 bridgehead atoms. The van der Waals surface area contributed by atoms with Gasteiger partial charge in [-0.05, 0) is 61.2 Å². The van der Waals surface area contributed by atoms with E-state index in [4.69, 9.17) is 14.5 Å². The van der Waals surface area contributed by atoms with Crippen LogP contribution in [0.4, 0.5) is 0 Å². The predicted molar refractivity (Wildman–Crippen MR) is 112 cm³/mol. The lowest BCUT2D eigenvalue weighted by molar-refractivity contribution is 0.415. The highest BCUT2D eigenvalue weighted by molar-refractivity contribution is 5.81. The molecule has 0 unspecified atom stereocenters. The van der Waals surface area contributed by atoms with Gasteiger partial charge in [0.15, 0.2) is 0 Å². The first-order valence-electron chi connectivity index (χ1n) is 9.38. The number of benzene rings is 2. The van der Waals surface area contributed by atoms with Crippen molar-refractivity contribution in [2.75, 3.05) is 14.2 Å². The van der Waals surface area contributed by atoms with Crippen LogP contribution in [0.2, 0.25) is 0 Å². The second-order valence-corrected chi connectivity index (χ2v) is 6.73. The van der Waals surface area contributed by atoms with Crippen LogP contribution in [0.5, 0.6) is 11.5 Å². The first-order valence-corrected chi connectivity index (χ1v) is 9.38. The van der Waals surface area contributed by atoms with Gasteiger partial charge in [-0.2, -0.15) is 0 Å². The summed E-state index contributed by atoms with van der Waals surface area (Å²) >= 11 is 0. The number of methoxy groups -OCH3 is 2. The summed E-state index contributed by atoms with van der Waals surface area (Å²) in [6, 6.07) is 16.5. The van der Waals surface area contributed by atoms with Crippen molar-refractivity contribution in [2.45, 2.75) is 33.6 Å². The largest absolute Gasteiger partial charge is 0.497 e. The summed E-state index contributed by atoms with van der Waals surface area (Å²) in [6.07, 6.45) is 2.03. The Balaban J connectivity index is 2.20. The molecule has 0 aliphatic carbocycles. The Bertz CT molecular complexity index is 913. The third-order valence-corrected chi connectivity index (χ3v) is 4.95. The molecule has 0 saturated carbocycles. The topological polar surface area (TPSA) is 31.4 Å². The third kappa shape index (κ3) is 3.82. The molecule has 0 aliphatic heterocycles. The molecule has 0 N–H and O–H groups in total. The second-order valence-electron chi connectivity index (χ2n) is 6.73. The van der Waals surface area contributed by atoms with Gasteiger partial charge in [-0.25, -0.2) is 0 Å². The zero-order valence-electron chi connectivity index (χ0n) is 16.8. The molecule has 140 valence electrons. The Morgan fingerprint density at radius 1 is 0.741 bits per heavy atom. The summed E-state index contributed by atoms with van der Waals surface area (Å²) in [7, 11) is 3.38. The van der Waals surface area contributed by atoms with Gasteiger partial charge in [0.1, 0.15) is 11.5 Å². The third-order valence-electron chi connectivity index (χ3n) is 4.95. The monoisotopic (exact) mass is 361 g/mol. The first-order chi connectivity index (χ1) is 13.1. The molecule has 2 aromatic carbocycles. The van der Waals surface area contributed by atoms with Gasteiger partial charge >= 0.3 is 0 Å². The standard InChI is InChI=1S/C24H27NO2/c1-6-7-22-24(19-10-14-21(27-5)15-11-19)16(2)23(17(3)25-22)18-8-12-20(26-4)13-9-18/h8-15H,6-7H2,1-5H3. The molecule has 0 radical (unpaired) electrons. The van der Waals surface area contributed by atoms with Gasteiger partial charge in [0.05, 0.1) is 14.2 Å². The van der Waals surface area contributed by atoms with E-state index < -0.39 is 0 Å². The first kappa shape index (κ1) is 19.0. The summed E-state index contributed by atoms with van der Waals surface area (Å²) in [4.78, 5) is 5.00. The van der Waals surface area contributed by atoms with E-state index in [1.807, 2.05) is 24.3 Å². The average molecular weight is 361 g/mol. The van der Waals surface area contributed by atoms with Gasteiger partial charge < -0.3 is 9.47 Å². The summed E-state index contributed by atoms with van der Waals surface area (Å²) in [6.45, 7) is 6.50. The lowest BCUT2D eigenvalue weighted by Crippen LogP contribution is -2.03. The van der Waals surface area contributed by atoms with Crippen molar-refractivity contribution < 1.29 is 9.47 Å². The quantitative estimate of drug-likeness (QED) is 0.539. The smallest absolute Gasteiger partial charge is 0.118 e. The Morgan fingerprint density at radius 2 is 1.22 bits per heavy atom. The van der Waals surface area contributed by atoms with Crippen molar-refractivity contribution in [1.82, 2.24) is 4.98 Å². The number of aromatic nitrogens is 1. The van der Waals surface area contributed by atoms with E-state index >= 15 is 0 Å². The van der Waals surface area contributed by atoms with Crippen LogP contribution in [0.15, 0.2) is 48.5 Å². The van der Waals surface area contributed by atoms with E-state index in [0.717, 1.165) is 41.3 Å². The molecule has 3 rings (SSSR count). The molecule has 0 saturated heterocycles. The van der Waals surface area contributed by atoms with Crippen molar-refractivity contribution in [2.24, 2.45) is 0 Å². The molecule has 0 spiro atoms. The van der Waals surface area contributed by atoms with E-state index in [1.54, 1.807) is 14.2 Å². The van der Waals surface area contributed by atoms with Crippen LogP contribution in [0.1, 0.15) is 30.3 Å². The number of aryl methyl sites for hydroxylation is 2. The van der Waals surface area contributed by atoms with E-state index in [1.165, 1.54) is 22.3 Å². The van der Waals surface area contributed by atoms with Crippen LogP contribution >= 0.6 is 0 Å². The molecule has 0 fully saturated rings. The maximum absolute atomic E-state index is 5.32. The van der Waals surface area contributed by atoms with E-state index in [2.05, 4.69) is 45.0 Å². The number of hydrogen-bond donors (Lipinski definition) is 0. The zero-order valence-corrected chi connectivity index (χ0v) is 16.8. The molecular weight excluding hydrogens is 334 g/mol. The van der Waals surface area contributed by atoms with Gasteiger partial charge in [0, 0.05) is 22.5 Å². The van der Waals surface area contributed by atoms with Gasteiger partial charge in [-0.15, -0.1) is 0 Å². The maximum Gasteiger partial charge on any atom is 0.118 e. The van der Waals surface area contributed by atoms with Crippen molar-refractivity contribution in [1.29, 1.82) is 0 Å². The minimum Gasteiger partial charge on any atom is -0.497 e. The van der Waals surface area contributed by atoms with Crippen LogP contribution in [0, 0.1) is 13.8 Å². The molecule has 0 aliphatic rings. The molecule has 0 amide bonds. The average Bonchev–Trinajstić information content (AvgIpc) is 2.69. The SMILES string of the molecule is CCCc1nc(C)c(-c2ccc(OC)cc2)c(C)c1-c1ccc(OC)cc1. The summed E-state index contributed by atoms with van der Waals surface area (Å²) < 4.78 is 10.6.